The van der Waals surface area contributed by atoms with Crippen LogP contribution in [0.2, 0.25) is 0 Å². The van der Waals surface area contributed by atoms with Crippen LogP contribution in [-0.2, 0) is 11.2 Å². The first-order valence-electron chi connectivity index (χ1n) is 7.13. The van der Waals surface area contributed by atoms with Gasteiger partial charge in [0.25, 0.3) is 0 Å². The monoisotopic (exact) mass is 261 g/mol. The van der Waals surface area contributed by atoms with Crippen molar-refractivity contribution in [1.82, 2.24) is 15.6 Å². The van der Waals surface area contributed by atoms with E-state index in [1.165, 1.54) is 12.0 Å². The van der Waals surface area contributed by atoms with Crippen molar-refractivity contribution in [2.45, 2.75) is 51.6 Å². The predicted octanol–water partition coefficient (Wildman–Crippen LogP) is 1.96. The lowest BCUT2D eigenvalue weighted by Crippen LogP contribution is -2.34. The van der Waals surface area contributed by atoms with E-state index in [0.29, 0.717) is 19.0 Å². The van der Waals surface area contributed by atoms with Gasteiger partial charge in [-0.05, 0) is 44.7 Å². The molecule has 1 unspecified atom stereocenters. The number of fused-ring (bicyclic) bond motifs is 1. The maximum atomic E-state index is 11.6. The molecule has 0 saturated carbocycles. The second-order valence-electron chi connectivity index (χ2n) is 5.42. The summed E-state index contributed by atoms with van der Waals surface area (Å²) in [7, 11) is 0. The third-order valence-electron chi connectivity index (χ3n) is 3.39. The van der Waals surface area contributed by atoms with Crippen molar-refractivity contribution in [3.63, 3.8) is 0 Å². The summed E-state index contributed by atoms with van der Waals surface area (Å²) in [5.74, 6) is 0.111. The molecule has 1 aromatic rings. The van der Waals surface area contributed by atoms with Crippen LogP contribution in [0.4, 0.5) is 0 Å². The Labute approximate surface area is 115 Å². The van der Waals surface area contributed by atoms with Crippen LogP contribution in [0.25, 0.3) is 0 Å². The maximum absolute atomic E-state index is 11.6. The summed E-state index contributed by atoms with van der Waals surface area (Å²) in [6.45, 7) is 4.67. The highest BCUT2D eigenvalue weighted by Gasteiger charge is 2.20. The van der Waals surface area contributed by atoms with Gasteiger partial charge in [-0.1, -0.05) is 6.07 Å². The van der Waals surface area contributed by atoms with Gasteiger partial charge in [-0.15, -0.1) is 0 Å². The summed E-state index contributed by atoms with van der Waals surface area (Å²) >= 11 is 0. The van der Waals surface area contributed by atoms with Gasteiger partial charge in [-0.3, -0.25) is 9.78 Å². The fourth-order valence-electron chi connectivity index (χ4n) is 2.56. The van der Waals surface area contributed by atoms with Gasteiger partial charge >= 0.3 is 0 Å². The highest BCUT2D eigenvalue weighted by Crippen LogP contribution is 2.27. The van der Waals surface area contributed by atoms with Crippen LogP contribution in [0, 0.1) is 0 Å². The largest absolute Gasteiger partial charge is 0.354 e. The molecule has 0 fully saturated rings. The number of rotatable bonds is 5. The van der Waals surface area contributed by atoms with Crippen LogP contribution < -0.4 is 10.6 Å². The lowest BCUT2D eigenvalue weighted by atomic mass is 9.92. The number of hydrogen-bond acceptors (Lipinski definition) is 3. The van der Waals surface area contributed by atoms with Crippen LogP contribution in [0.5, 0.6) is 0 Å². The Bertz CT molecular complexity index is 431. The molecule has 104 valence electrons. The van der Waals surface area contributed by atoms with Crippen molar-refractivity contribution in [3.05, 3.63) is 29.6 Å². The predicted molar refractivity (Wildman–Crippen MR) is 75.8 cm³/mol. The van der Waals surface area contributed by atoms with Gasteiger partial charge < -0.3 is 10.6 Å². The molecule has 0 aliphatic heterocycles. The number of aryl methyl sites for hydroxylation is 1. The zero-order valence-corrected chi connectivity index (χ0v) is 11.8. The van der Waals surface area contributed by atoms with Crippen molar-refractivity contribution in [3.8, 4) is 0 Å². The zero-order valence-electron chi connectivity index (χ0n) is 11.8. The molecule has 2 N–H and O–H groups in total. The van der Waals surface area contributed by atoms with E-state index in [9.17, 15) is 4.79 Å². The van der Waals surface area contributed by atoms with Gasteiger partial charge in [0.15, 0.2) is 0 Å². The molecule has 1 aliphatic rings. The lowest BCUT2D eigenvalue weighted by molar-refractivity contribution is -0.121. The van der Waals surface area contributed by atoms with Crippen LogP contribution >= 0.6 is 0 Å². The molecule has 2 rings (SSSR count). The first kappa shape index (κ1) is 14.0. The quantitative estimate of drug-likeness (QED) is 0.852. The van der Waals surface area contributed by atoms with E-state index in [1.807, 2.05) is 26.1 Å². The van der Waals surface area contributed by atoms with E-state index in [-0.39, 0.29) is 11.9 Å². The van der Waals surface area contributed by atoms with E-state index in [4.69, 9.17) is 0 Å². The van der Waals surface area contributed by atoms with Gasteiger partial charge in [-0.25, -0.2) is 0 Å². The van der Waals surface area contributed by atoms with Crippen LogP contribution in [-0.4, -0.2) is 23.5 Å². The molecule has 1 aromatic heterocycles. The summed E-state index contributed by atoms with van der Waals surface area (Å²) in [5.41, 5.74) is 2.51. The number of carbonyl (C=O) groups excluding carboxylic acids is 1. The summed E-state index contributed by atoms with van der Waals surface area (Å²) in [5, 5.41) is 6.36. The minimum absolute atomic E-state index is 0.111. The van der Waals surface area contributed by atoms with Gasteiger partial charge in [0.1, 0.15) is 0 Å². The Kier molecular flexibility index (Phi) is 4.91. The highest BCUT2D eigenvalue weighted by molar-refractivity contribution is 5.76. The molecule has 1 amide bonds. The minimum atomic E-state index is 0.111. The maximum Gasteiger partial charge on any atom is 0.221 e. The molecule has 4 nitrogen and oxygen atoms in total. The Morgan fingerprint density at radius 3 is 3.16 bits per heavy atom. The molecule has 0 bridgehead atoms. The summed E-state index contributed by atoms with van der Waals surface area (Å²) < 4.78 is 0. The fourth-order valence-corrected chi connectivity index (χ4v) is 2.56. The number of pyridine rings is 1. The Morgan fingerprint density at radius 1 is 1.53 bits per heavy atom. The smallest absolute Gasteiger partial charge is 0.221 e. The third kappa shape index (κ3) is 4.03. The van der Waals surface area contributed by atoms with E-state index in [1.54, 1.807) is 0 Å². The number of nitrogens with one attached hydrogen (secondary N) is 2. The van der Waals surface area contributed by atoms with Crippen molar-refractivity contribution < 1.29 is 4.79 Å². The van der Waals surface area contributed by atoms with Crippen molar-refractivity contribution in [1.29, 1.82) is 0 Å². The second-order valence-corrected chi connectivity index (χ2v) is 5.42. The lowest BCUT2D eigenvalue weighted by Gasteiger charge is -2.25. The number of aromatic nitrogens is 1. The van der Waals surface area contributed by atoms with E-state index in [2.05, 4.69) is 21.7 Å². The summed E-state index contributed by atoms with van der Waals surface area (Å²) in [6, 6.07) is 4.67. The minimum Gasteiger partial charge on any atom is -0.354 e. The first-order chi connectivity index (χ1) is 9.16. The van der Waals surface area contributed by atoms with E-state index in [0.717, 1.165) is 18.5 Å². The Hall–Kier alpha value is -1.42. The number of hydrogen-bond donors (Lipinski definition) is 2. The average molecular weight is 261 g/mol. The molecule has 1 aliphatic carbocycles. The van der Waals surface area contributed by atoms with Gasteiger partial charge in [0.05, 0.1) is 5.69 Å². The molecular formula is C15H23N3O. The molecule has 1 heterocycles. The third-order valence-corrected chi connectivity index (χ3v) is 3.39. The fraction of sp³-hybridized carbons (Fsp3) is 0.600. The van der Waals surface area contributed by atoms with E-state index >= 15 is 0 Å². The zero-order chi connectivity index (χ0) is 13.7. The van der Waals surface area contributed by atoms with Crippen LogP contribution in [0.15, 0.2) is 18.3 Å². The topological polar surface area (TPSA) is 54.0 Å². The van der Waals surface area contributed by atoms with Crippen molar-refractivity contribution in [2.24, 2.45) is 0 Å². The van der Waals surface area contributed by atoms with Gasteiger partial charge in [-0.2, -0.15) is 0 Å². The number of carbonyl (C=O) groups is 1. The van der Waals surface area contributed by atoms with Gasteiger partial charge in [0, 0.05) is 31.2 Å². The van der Waals surface area contributed by atoms with Crippen molar-refractivity contribution >= 4 is 5.91 Å². The van der Waals surface area contributed by atoms with E-state index < -0.39 is 0 Å². The SMILES string of the molecule is CC(C)NC(=O)CCNC1CCCc2cccnc21. The molecular weight excluding hydrogens is 238 g/mol. The molecule has 1 atom stereocenters. The summed E-state index contributed by atoms with van der Waals surface area (Å²) in [6.07, 6.45) is 5.79. The van der Waals surface area contributed by atoms with Crippen LogP contribution in [0.1, 0.15) is 50.4 Å². The van der Waals surface area contributed by atoms with Crippen LogP contribution in [0.3, 0.4) is 0 Å². The summed E-state index contributed by atoms with van der Waals surface area (Å²) in [4.78, 5) is 16.1. The standard InChI is InChI=1S/C15H23N3O/c1-11(2)18-14(19)8-10-16-13-7-3-5-12-6-4-9-17-15(12)13/h4,6,9,11,13,16H,3,5,7-8,10H2,1-2H3,(H,18,19). The highest BCUT2D eigenvalue weighted by atomic mass is 16.1. The Balaban J connectivity index is 1.83. The van der Waals surface area contributed by atoms with Crippen molar-refractivity contribution in [2.75, 3.05) is 6.54 Å². The average Bonchev–Trinajstić information content (AvgIpc) is 2.38. The number of nitrogens with zero attached hydrogens (tertiary/aromatic N) is 1. The molecule has 0 aromatic carbocycles. The first-order valence-corrected chi connectivity index (χ1v) is 7.13. The normalized spacial score (nSPS) is 18.2. The molecule has 4 heteroatoms. The molecule has 19 heavy (non-hydrogen) atoms. The molecule has 0 saturated heterocycles. The molecule has 0 spiro atoms. The molecule has 0 radical (unpaired) electrons. The Morgan fingerprint density at radius 2 is 2.37 bits per heavy atom. The van der Waals surface area contributed by atoms with Gasteiger partial charge in [0.2, 0.25) is 5.91 Å². The second kappa shape index (κ2) is 6.66. The number of amides is 1.